The Bertz CT molecular complexity index is 1990. The molecule has 0 unspecified atom stereocenters. The molecule has 3 N–H and O–H groups in total. The Morgan fingerprint density at radius 2 is 1.91 bits per heavy atom. The summed E-state index contributed by atoms with van der Waals surface area (Å²) >= 11 is 0. The van der Waals surface area contributed by atoms with Crippen LogP contribution >= 0.6 is 0 Å². The van der Waals surface area contributed by atoms with Crippen molar-refractivity contribution in [3.05, 3.63) is 48.2 Å². The van der Waals surface area contributed by atoms with E-state index in [-0.39, 0.29) is 26.0 Å². The number of pyridine rings is 1. The number of nitrogens with zero attached hydrogens (tertiary/aromatic N) is 2. The van der Waals surface area contributed by atoms with Crippen molar-refractivity contribution in [1.29, 1.82) is 0 Å². The van der Waals surface area contributed by atoms with E-state index in [2.05, 4.69) is 20.3 Å². The van der Waals surface area contributed by atoms with E-state index in [1.165, 1.54) is 4.90 Å². The third-order valence-corrected chi connectivity index (χ3v) is 12.9. The summed E-state index contributed by atoms with van der Waals surface area (Å²) in [5.41, 5.74) is -1.15. The van der Waals surface area contributed by atoms with Crippen molar-refractivity contribution in [2.24, 2.45) is 11.3 Å². The number of hydrogen-bond donors (Lipinski definition) is 3. The molecule has 5 aliphatic rings. The molecule has 0 spiro atoms. The highest BCUT2D eigenvalue weighted by molar-refractivity contribution is 7.91. The Morgan fingerprint density at radius 1 is 1.09 bits per heavy atom. The van der Waals surface area contributed by atoms with Crippen LogP contribution in [0.2, 0.25) is 0 Å². The van der Waals surface area contributed by atoms with Crippen LogP contribution in [0.4, 0.5) is 4.79 Å². The van der Waals surface area contributed by atoms with Crippen molar-refractivity contribution < 1.29 is 41.8 Å². The first-order valence-electron chi connectivity index (χ1n) is 18.9. The van der Waals surface area contributed by atoms with Crippen molar-refractivity contribution in [3.63, 3.8) is 0 Å². The molecule has 7 rings (SSSR count). The first kappa shape index (κ1) is 37.6. The van der Waals surface area contributed by atoms with Crippen LogP contribution in [0, 0.1) is 11.3 Å². The zero-order valence-electron chi connectivity index (χ0n) is 31.0. The van der Waals surface area contributed by atoms with E-state index in [1.54, 1.807) is 13.3 Å². The number of hydrogen-bond acceptors (Lipinski definition) is 10. The molecule has 3 aliphatic heterocycles. The van der Waals surface area contributed by atoms with Gasteiger partial charge >= 0.3 is 6.09 Å². The van der Waals surface area contributed by atoms with Crippen LogP contribution in [-0.4, -0.2) is 91.4 Å². The molecule has 1 saturated heterocycles. The maximum absolute atomic E-state index is 14.5. The fourth-order valence-electron chi connectivity index (χ4n) is 7.61. The molecule has 2 saturated carbocycles. The third-order valence-electron chi connectivity index (χ3n) is 11.1. The van der Waals surface area contributed by atoms with E-state index in [9.17, 15) is 27.6 Å². The minimum Gasteiger partial charge on any atom is -0.496 e. The number of aromatic nitrogens is 1. The Balaban J connectivity index is 1.25. The van der Waals surface area contributed by atoms with Crippen LogP contribution in [0.25, 0.3) is 16.8 Å². The van der Waals surface area contributed by atoms with E-state index in [4.69, 9.17) is 14.2 Å². The Kier molecular flexibility index (Phi) is 10.4. The number of rotatable bonds is 4. The van der Waals surface area contributed by atoms with Crippen LogP contribution in [0.5, 0.6) is 11.6 Å². The van der Waals surface area contributed by atoms with Gasteiger partial charge in [0.1, 0.15) is 29.5 Å². The number of benzene rings is 1. The first-order chi connectivity index (χ1) is 25.8. The predicted molar refractivity (Wildman–Crippen MR) is 200 cm³/mol. The van der Waals surface area contributed by atoms with Crippen LogP contribution in [0.3, 0.4) is 0 Å². The quantitative estimate of drug-likeness (QED) is 0.383. The molecule has 54 heavy (non-hydrogen) atoms. The SMILES string of the molecule is COc1cc2ccnc3c2cc1C=CCC(C)(C)COC(=O)N[C@H]1CCCCCC=C[C@@H]2C[C@@]2(C(=O)NS(=O)(=O)C2CC2)NC(=O)[C@@H]2C[C@H](CN2C1=O)O3. The van der Waals surface area contributed by atoms with E-state index in [0.717, 1.165) is 23.8 Å². The number of alkyl carbamates (subject to hydrolysis) is 1. The number of methoxy groups -OCH3 is 1. The second kappa shape index (κ2) is 14.9. The molecular weight excluding hydrogens is 715 g/mol. The summed E-state index contributed by atoms with van der Waals surface area (Å²) in [6, 6.07) is 3.58. The van der Waals surface area contributed by atoms with Gasteiger partial charge in [0.15, 0.2) is 0 Å². The lowest BCUT2D eigenvalue weighted by molar-refractivity contribution is -0.141. The Labute approximate surface area is 315 Å². The summed E-state index contributed by atoms with van der Waals surface area (Å²) in [4.78, 5) is 61.9. The van der Waals surface area contributed by atoms with Gasteiger partial charge in [-0.25, -0.2) is 18.2 Å². The largest absolute Gasteiger partial charge is 0.496 e. The van der Waals surface area contributed by atoms with Crippen molar-refractivity contribution in [2.45, 2.75) is 107 Å². The first-order valence-corrected chi connectivity index (χ1v) is 20.4. The highest BCUT2D eigenvalue weighted by Gasteiger charge is 2.62. The standard InChI is InChI=1S/C39H49N5O9S/c1-38(2)16-9-10-25-18-29-24(19-32(25)51-3)15-17-40-34(29)53-27-20-31-33(45)42-39(36(47)43-54(49,50)28-13-14-28)21-26(39)11-7-5-4-6-8-12-30(35(46)44(31)22-27)41-37(48)52-23-38/h7,9-11,15,17-19,26-28,30-31H,4-6,8,12-14,16,20-23H2,1-3H3,(H,41,48)(H,42,45)(H,43,47)/t26-,27-,30+,31+,39-/m1/s1. The fraction of sp³-hybridized carbons (Fsp3) is 0.564. The molecule has 2 aromatic rings. The van der Waals surface area contributed by atoms with Crippen LogP contribution in [-0.2, 0) is 29.1 Å². The summed E-state index contributed by atoms with van der Waals surface area (Å²) in [6.07, 6.45) is 13.0. The number of allylic oxidation sites excluding steroid dienone is 2. The molecule has 5 bridgehead atoms. The zero-order valence-corrected chi connectivity index (χ0v) is 31.8. The number of amides is 4. The van der Waals surface area contributed by atoms with Gasteiger partial charge in [-0.3, -0.25) is 19.1 Å². The van der Waals surface area contributed by atoms with E-state index in [0.29, 0.717) is 55.5 Å². The molecule has 0 radical (unpaired) electrons. The molecule has 1 aromatic carbocycles. The van der Waals surface area contributed by atoms with Crippen molar-refractivity contribution in [1.82, 2.24) is 25.2 Å². The lowest BCUT2D eigenvalue weighted by atomic mass is 9.90. The average Bonchev–Trinajstić information content (AvgIpc) is 4.06. The summed E-state index contributed by atoms with van der Waals surface area (Å²) in [5.74, 6) is -1.33. The van der Waals surface area contributed by atoms with E-state index < -0.39 is 74.1 Å². The van der Waals surface area contributed by atoms with Crippen LogP contribution in [0.1, 0.15) is 83.6 Å². The number of ether oxygens (including phenoxy) is 3. The smallest absolute Gasteiger partial charge is 0.407 e. The van der Waals surface area contributed by atoms with Gasteiger partial charge in [0.25, 0.3) is 5.91 Å². The molecule has 15 heteroatoms. The number of sulfonamides is 1. The van der Waals surface area contributed by atoms with Gasteiger partial charge in [0.05, 0.1) is 25.5 Å². The fourth-order valence-corrected chi connectivity index (χ4v) is 8.97. The summed E-state index contributed by atoms with van der Waals surface area (Å²) in [7, 11) is -2.29. The van der Waals surface area contributed by atoms with E-state index >= 15 is 0 Å². The molecule has 1 aromatic heterocycles. The number of nitrogens with one attached hydrogen (secondary N) is 3. The average molecular weight is 764 g/mol. The molecule has 4 amide bonds. The lowest BCUT2D eigenvalue weighted by Gasteiger charge is -2.30. The normalized spacial score (nSPS) is 29.0. The van der Waals surface area contributed by atoms with E-state index in [1.807, 2.05) is 56.4 Å². The van der Waals surface area contributed by atoms with Crippen LogP contribution < -0.4 is 24.8 Å². The van der Waals surface area contributed by atoms with Gasteiger partial charge < -0.3 is 29.7 Å². The topological polar surface area (TPSA) is 182 Å². The molecule has 3 fully saturated rings. The van der Waals surface area contributed by atoms with Crippen LogP contribution in [0.15, 0.2) is 42.6 Å². The second-order valence-corrected chi connectivity index (χ2v) is 17.9. The van der Waals surface area contributed by atoms with Gasteiger partial charge in [-0.05, 0) is 68.5 Å². The van der Waals surface area contributed by atoms with Gasteiger partial charge in [0.2, 0.25) is 27.7 Å². The number of fused-ring (bicyclic) bond motifs is 4. The third kappa shape index (κ3) is 8.06. The number of carbonyl (C=O) groups is 4. The summed E-state index contributed by atoms with van der Waals surface area (Å²) in [6.45, 7) is 4.04. The Morgan fingerprint density at radius 3 is 2.69 bits per heavy atom. The molecule has 5 atom stereocenters. The van der Waals surface area contributed by atoms with Gasteiger partial charge in [-0.15, -0.1) is 0 Å². The zero-order chi connectivity index (χ0) is 38.3. The van der Waals surface area contributed by atoms with Gasteiger partial charge in [0, 0.05) is 34.9 Å². The highest BCUT2D eigenvalue weighted by atomic mass is 32.2. The van der Waals surface area contributed by atoms with Crippen molar-refractivity contribution in [2.75, 3.05) is 20.3 Å². The summed E-state index contributed by atoms with van der Waals surface area (Å²) in [5, 5.41) is 6.59. The maximum Gasteiger partial charge on any atom is 0.407 e. The summed E-state index contributed by atoms with van der Waals surface area (Å²) < 4.78 is 45.8. The van der Waals surface area contributed by atoms with Gasteiger partial charge in [-0.1, -0.05) is 51.0 Å². The number of cyclic esters (lactones) is 1. The highest BCUT2D eigenvalue weighted by Crippen LogP contribution is 2.46. The monoisotopic (exact) mass is 763 g/mol. The maximum atomic E-state index is 14.5. The lowest BCUT2D eigenvalue weighted by Crippen LogP contribution is -2.58. The van der Waals surface area contributed by atoms with Gasteiger partial charge in [-0.2, -0.15) is 0 Å². The van der Waals surface area contributed by atoms with Crippen molar-refractivity contribution >= 4 is 50.7 Å². The molecule has 290 valence electrons. The molecule has 4 heterocycles. The number of carbonyl (C=O) groups excluding carboxylic acids is 4. The van der Waals surface area contributed by atoms with Crippen molar-refractivity contribution in [3.8, 4) is 11.6 Å². The molecule has 2 aliphatic carbocycles. The minimum atomic E-state index is -3.89. The molecular formula is C39H49N5O9S. The second-order valence-electron chi connectivity index (χ2n) is 16.0. The predicted octanol–water partition coefficient (Wildman–Crippen LogP) is 4.13. The minimum absolute atomic E-state index is 0.00323. The Hall–Kier alpha value is -4.66. The molecule has 14 nitrogen and oxygen atoms in total.